The van der Waals surface area contributed by atoms with Crippen LogP contribution < -0.4 is 0 Å². The highest BCUT2D eigenvalue weighted by atomic mass is 35.5. The first kappa shape index (κ1) is 21.5. The number of aromatic nitrogens is 1. The predicted molar refractivity (Wildman–Crippen MR) is 101 cm³/mol. The predicted octanol–water partition coefficient (Wildman–Crippen LogP) is 6.03. The summed E-state index contributed by atoms with van der Waals surface area (Å²) in [7, 11) is 0. The summed E-state index contributed by atoms with van der Waals surface area (Å²) in [6.07, 6.45) is -3.40. The molecule has 8 heteroatoms. The van der Waals surface area contributed by atoms with E-state index < -0.39 is 29.2 Å². The van der Waals surface area contributed by atoms with Gasteiger partial charge in [0.2, 0.25) is 0 Å². The largest absolute Gasteiger partial charge is 0.478 e. The first-order valence-corrected chi connectivity index (χ1v) is 8.74. The van der Waals surface area contributed by atoms with E-state index in [1.165, 1.54) is 30.5 Å². The molecule has 0 saturated carbocycles. The maximum absolute atomic E-state index is 13.3. The van der Waals surface area contributed by atoms with Crippen molar-refractivity contribution in [1.29, 1.82) is 0 Å². The Kier molecular flexibility index (Phi) is 6.19. The van der Waals surface area contributed by atoms with Crippen LogP contribution in [0.25, 0.3) is 10.9 Å². The molecule has 3 aromatic rings. The Bertz CT molecular complexity index is 1050. The van der Waals surface area contributed by atoms with Gasteiger partial charge in [0.25, 0.3) is 5.91 Å². The van der Waals surface area contributed by atoms with Crippen LogP contribution in [0.1, 0.15) is 45.7 Å². The number of benzene rings is 2. The van der Waals surface area contributed by atoms with E-state index in [1.807, 2.05) is 13.8 Å². The van der Waals surface area contributed by atoms with Crippen molar-refractivity contribution in [3.63, 3.8) is 0 Å². The number of hydrogen-bond acceptors (Lipinski definition) is 2. The first-order chi connectivity index (χ1) is 13.1. The highest BCUT2D eigenvalue weighted by Gasteiger charge is 2.37. The molecule has 0 aliphatic heterocycles. The smallest absolute Gasteiger partial charge is 0.417 e. The summed E-state index contributed by atoms with van der Waals surface area (Å²) in [5.41, 5.74) is -1.10. The molecule has 1 N–H and O–H groups in total. The van der Waals surface area contributed by atoms with Crippen LogP contribution in [0.4, 0.5) is 13.2 Å². The van der Waals surface area contributed by atoms with E-state index in [1.54, 1.807) is 6.92 Å². The number of halogens is 4. The van der Waals surface area contributed by atoms with Crippen molar-refractivity contribution in [2.24, 2.45) is 0 Å². The van der Waals surface area contributed by atoms with E-state index in [0.717, 1.165) is 16.7 Å². The summed E-state index contributed by atoms with van der Waals surface area (Å²) in [4.78, 5) is 24.1. The molecule has 0 amide bonds. The molecule has 4 nitrogen and oxygen atoms in total. The highest BCUT2D eigenvalue weighted by Crippen LogP contribution is 2.36. The molecule has 0 radical (unpaired) electrons. The molecule has 1 aromatic heterocycles. The lowest BCUT2D eigenvalue weighted by atomic mass is 10.1. The zero-order valence-electron chi connectivity index (χ0n) is 15.3. The molecule has 148 valence electrons. The van der Waals surface area contributed by atoms with E-state index in [2.05, 4.69) is 0 Å². The number of carbonyl (C=O) groups excluding carboxylic acids is 1. The zero-order valence-corrected chi connectivity index (χ0v) is 16.0. The van der Waals surface area contributed by atoms with Crippen molar-refractivity contribution < 1.29 is 27.9 Å². The van der Waals surface area contributed by atoms with Crippen LogP contribution in [0.2, 0.25) is 5.02 Å². The van der Waals surface area contributed by atoms with Crippen LogP contribution in [0, 0.1) is 6.92 Å². The number of nitrogens with zero attached hydrogens (tertiary/aromatic N) is 1. The summed E-state index contributed by atoms with van der Waals surface area (Å²) >= 11 is 5.89. The monoisotopic (exact) mass is 411 g/mol. The molecule has 0 aliphatic carbocycles. The molecule has 3 rings (SSSR count). The molecule has 1 heterocycles. The molecule has 0 saturated heterocycles. The summed E-state index contributed by atoms with van der Waals surface area (Å²) in [6, 6.07) is 7.21. The lowest BCUT2D eigenvalue weighted by Crippen LogP contribution is -2.18. The van der Waals surface area contributed by atoms with Gasteiger partial charge in [-0.15, -0.1) is 0 Å². The van der Waals surface area contributed by atoms with Crippen molar-refractivity contribution in [2.45, 2.75) is 26.9 Å². The Labute approximate surface area is 164 Å². The zero-order chi connectivity index (χ0) is 21.2. The lowest BCUT2D eigenvalue weighted by Gasteiger charge is -2.14. The topological polar surface area (TPSA) is 59.3 Å². The highest BCUT2D eigenvalue weighted by molar-refractivity contribution is 6.34. The van der Waals surface area contributed by atoms with Crippen LogP contribution in [-0.4, -0.2) is 21.6 Å². The third kappa shape index (κ3) is 3.89. The number of aryl methyl sites for hydroxylation is 1. The fourth-order valence-electron chi connectivity index (χ4n) is 2.80. The van der Waals surface area contributed by atoms with Gasteiger partial charge in [-0.2, -0.15) is 13.2 Å². The van der Waals surface area contributed by atoms with Gasteiger partial charge in [-0.1, -0.05) is 37.6 Å². The molecule has 0 atom stereocenters. The second-order valence-electron chi connectivity index (χ2n) is 5.68. The molecule has 0 unspecified atom stereocenters. The van der Waals surface area contributed by atoms with Gasteiger partial charge in [0.05, 0.1) is 27.2 Å². The van der Waals surface area contributed by atoms with Gasteiger partial charge in [-0.05, 0) is 36.8 Å². The minimum atomic E-state index is -4.76. The maximum Gasteiger partial charge on any atom is 0.417 e. The van der Waals surface area contributed by atoms with Crippen molar-refractivity contribution >= 4 is 34.4 Å². The molecule has 28 heavy (non-hydrogen) atoms. The summed E-state index contributed by atoms with van der Waals surface area (Å²) in [6.45, 7) is 5.67. The number of carboxylic acids is 1. The van der Waals surface area contributed by atoms with Crippen molar-refractivity contribution in [2.75, 3.05) is 0 Å². The Hall–Kier alpha value is -2.80. The van der Waals surface area contributed by atoms with Gasteiger partial charge < -0.3 is 5.11 Å². The number of rotatable bonds is 2. The Morgan fingerprint density at radius 2 is 1.75 bits per heavy atom. The minimum Gasteiger partial charge on any atom is -0.478 e. The number of hydrogen-bond donors (Lipinski definition) is 1. The first-order valence-electron chi connectivity index (χ1n) is 8.36. The van der Waals surface area contributed by atoms with Crippen LogP contribution in [0.15, 0.2) is 42.6 Å². The van der Waals surface area contributed by atoms with E-state index >= 15 is 0 Å². The molecule has 0 aliphatic rings. The summed E-state index contributed by atoms with van der Waals surface area (Å²) in [5.74, 6) is -2.19. The van der Waals surface area contributed by atoms with Gasteiger partial charge in [-0.25, -0.2) is 4.79 Å². The van der Waals surface area contributed by atoms with Crippen molar-refractivity contribution in [3.05, 3.63) is 69.9 Å². The number of carbonyl (C=O) groups is 2. The van der Waals surface area contributed by atoms with Crippen molar-refractivity contribution in [3.8, 4) is 0 Å². The molecule has 0 fully saturated rings. The Morgan fingerprint density at radius 3 is 2.32 bits per heavy atom. The number of fused-ring (bicyclic) bond motifs is 1. The van der Waals surface area contributed by atoms with Crippen LogP contribution in [0.3, 0.4) is 0 Å². The maximum atomic E-state index is 13.3. The quantitative estimate of drug-likeness (QED) is 0.559. The van der Waals surface area contributed by atoms with Gasteiger partial charge in [0.1, 0.15) is 0 Å². The molecule has 0 spiro atoms. The van der Waals surface area contributed by atoms with Gasteiger partial charge in [0, 0.05) is 11.6 Å². The SMILES string of the molecule is CC.Cc1cn(C(=O)c2c(Cl)cccc2C(F)(F)F)c2cc(C(=O)O)ccc12. The second kappa shape index (κ2) is 8.06. The van der Waals surface area contributed by atoms with Crippen LogP contribution >= 0.6 is 11.6 Å². The van der Waals surface area contributed by atoms with E-state index in [4.69, 9.17) is 16.7 Å². The summed E-state index contributed by atoms with van der Waals surface area (Å²) in [5, 5.41) is 9.35. The van der Waals surface area contributed by atoms with E-state index in [0.29, 0.717) is 10.9 Å². The van der Waals surface area contributed by atoms with Gasteiger partial charge >= 0.3 is 12.1 Å². The normalized spacial score (nSPS) is 11.1. The van der Waals surface area contributed by atoms with Crippen LogP contribution in [-0.2, 0) is 6.18 Å². The fraction of sp³-hybridized carbons (Fsp3) is 0.200. The minimum absolute atomic E-state index is 0.0835. The van der Waals surface area contributed by atoms with Crippen LogP contribution in [0.5, 0.6) is 0 Å². The fourth-order valence-corrected chi connectivity index (χ4v) is 3.05. The lowest BCUT2D eigenvalue weighted by molar-refractivity contribution is -0.137. The third-order valence-electron chi connectivity index (χ3n) is 4.00. The Morgan fingerprint density at radius 1 is 1.11 bits per heavy atom. The average Bonchev–Trinajstić information content (AvgIpc) is 2.98. The van der Waals surface area contributed by atoms with E-state index in [9.17, 15) is 22.8 Å². The summed E-state index contributed by atoms with van der Waals surface area (Å²) < 4.78 is 40.9. The van der Waals surface area contributed by atoms with E-state index in [-0.39, 0.29) is 16.1 Å². The average molecular weight is 412 g/mol. The third-order valence-corrected chi connectivity index (χ3v) is 4.32. The Balaban J connectivity index is 0.00000136. The molecular formula is C20H17ClF3NO3. The standard InChI is InChI=1S/C18H11ClF3NO3.C2H6/c1-9-8-23(14-7-10(17(25)26)5-6-11(9)14)16(24)15-12(18(20,21)22)3-2-4-13(15)19;1-2/h2-8H,1H3,(H,25,26);1-2H3. The number of alkyl halides is 3. The molecule has 0 bridgehead atoms. The number of aromatic carboxylic acids is 1. The van der Waals surface area contributed by atoms with Gasteiger partial charge in [-0.3, -0.25) is 9.36 Å². The van der Waals surface area contributed by atoms with Gasteiger partial charge in [0.15, 0.2) is 0 Å². The number of carboxylic acid groups (broad SMARTS) is 1. The molecule has 2 aromatic carbocycles. The molecular weight excluding hydrogens is 395 g/mol. The van der Waals surface area contributed by atoms with Crippen molar-refractivity contribution in [1.82, 2.24) is 4.57 Å². The second-order valence-corrected chi connectivity index (χ2v) is 6.09.